The minimum absolute atomic E-state index is 0.218. The number of carbonyl (C=O) groups is 4. The highest BCUT2D eigenvalue weighted by molar-refractivity contribution is 6.04. The number of carbonyl (C=O) groups excluding carboxylic acids is 3. The largest absolute Gasteiger partial charge is 0.480 e. The Morgan fingerprint density at radius 2 is 1.81 bits per heavy atom. The molecule has 3 rings (SSSR count). The summed E-state index contributed by atoms with van der Waals surface area (Å²) in [6, 6.07) is 6.00. The van der Waals surface area contributed by atoms with Gasteiger partial charge in [0.05, 0.1) is 6.54 Å². The van der Waals surface area contributed by atoms with Crippen LogP contribution in [0.5, 0.6) is 0 Å². The van der Waals surface area contributed by atoms with Crippen molar-refractivity contribution in [3.8, 4) is 0 Å². The second kappa shape index (κ2) is 8.56. The number of carboxylic acids is 1. The zero-order valence-corrected chi connectivity index (χ0v) is 18.1. The maximum atomic E-state index is 13.0. The Bertz CT molecular complexity index is 885. The van der Waals surface area contributed by atoms with Crippen molar-refractivity contribution in [2.24, 2.45) is 0 Å². The number of ether oxygens (including phenoxy) is 1. The molecule has 0 bridgehead atoms. The molecule has 3 N–H and O–H groups in total. The highest BCUT2D eigenvalue weighted by Gasteiger charge is 2.44. The van der Waals surface area contributed by atoms with E-state index in [1.165, 1.54) is 4.90 Å². The smallest absolute Gasteiger partial charge is 0.408 e. The molecule has 0 unspecified atom stereocenters. The molecule has 1 atom stereocenters. The fraction of sp³-hybridized carbons (Fsp3) is 0.545. The van der Waals surface area contributed by atoms with Crippen LogP contribution in [0.25, 0.3) is 0 Å². The van der Waals surface area contributed by atoms with Gasteiger partial charge in [0.15, 0.2) is 0 Å². The molecular weight excluding hydrogens is 402 g/mol. The first-order valence-corrected chi connectivity index (χ1v) is 10.4. The second-order valence-corrected chi connectivity index (χ2v) is 9.05. The van der Waals surface area contributed by atoms with Crippen molar-refractivity contribution in [1.82, 2.24) is 10.6 Å². The zero-order chi connectivity index (χ0) is 22.8. The molecule has 1 saturated carbocycles. The van der Waals surface area contributed by atoms with E-state index in [1.54, 1.807) is 45.0 Å². The van der Waals surface area contributed by atoms with Crippen molar-refractivity contribution < 1.29 is 29.0 Å². The number of para-hydroxylation sites is 1. The number of rotatable bonds is 5. The van der Waals surface area contributed by atoms with E-state index in [-0.39, 0.29) is 13.0 Å². The van der Waals surface area contributed by atoms with E-state index < -0.39 is 41.1 Å². The number of nitrogens with one attached hydrogen (secondary N) is 2. The summed E-state index contributed by atoms with van der Waals surface area (Å²) < 4.78 is 5.29. The molecule has 0 saturated heterocycles. The number of amides is 3. The quantitative estimate of drug-likeness (QED) is 0.655. The van der Waals surface area contributed by atoms with Crippen LogP contribution < -0.4 is 15.5 Å². The van der Waals surface area contributed by atoms with Gasteiger partial charge in [0, 0.05) is 12.1 Å². The fourth-order valence-corrected chi connectivity index (χ4v) is 4.19. The summed E-state index contributed by atoms with van der Waals surface area (Å²) in [5.74, 6) is -2.09. The van der Waals surface area contributed by atoms with Crippen molar-refractivity contribution in [3.63, 3.8) is 0 Å². The van der Waals surface area contributed by atoms with Gasteiger partial charge in [-0.1, -0.05) is 31.0 Å². The molecule has 9 heteroatoms. The molecule has 0 aromatic heterocycles. The number of hydrogen-bond donors (Lipinski definition) is 3. The molecule has 0 radical (unpaired) electrons. The van der Waals surface area contributed by atoms with Crippen LogP contribution in [0.2, 0.25) is 0 Å². The highest BCUT2D eigenvalue weighted by atomic mass is 16.6. The van der Waals surface area contributed by atoms with Crippen LogP contribution in [0.3, 0.4) is 0 Å². The van der Waals surface area contributed by atoms with Gasteiger partial charge in [-0.25, -0.2) is 9.59 Å². The lowest BCUT2D eigenvalue weighted by atomic mass is 9.96. The number of carboxylic acid groups (broad SMARTS) is 1. The number of benzene rings is 1. The van der Waals surface area contributed by atoms with Crippen molar-refractivity contribution >= 4 is 29.6 Å². The molecule has 1 aliphatic carbocycles. The van der Waals surface area contributed by atoms with Gasteiger partial charge in [0.2, 0.25) is 11.8 Å². The topological polar surface area (TPSA) is 125 Å². The summed E-state index contributed by atoms with van der Waals surface area (Å²) in [5.41, 5.74) is -0.534. The van der Waals surface area contributed by atoms with E-state index in [0.717, 1.165) is 18.4 Å². The lowest BCUT2D eigenvalue weighted by molar-refractivity contribution is -0.139. The average molecular weight is 431 g/mol. The lowest BCUT2D eigenvalue weighted by Crippen LogP contribution is -2.59. The molecular formula is C22H29N3O6. The van der Waals surface area contributed by atoms with Crippen LogP contribution in [-0.2, 0) is 25.5 Å². The molecule has 3 amide bonds. The molecule has 9 nitrogen and oxygen atoms in total. The number of anilines is 1. The highest BCUT2D eigenvalue weighted by Crippen LogP contribution is 2.33. The summed E-state index contributed by atoms with van der Waals surface area (Å²) in [4.78, 5) is 51.0. The van der Waals surface area contributed by atoms with Crippen LogP contribution in [0.1, 0.15) is 52.0 Å². The maximum absolute atomic E-state index is 13.0. The van der Waals surface area contributed by atoms with Crippen molar-refractivity contribution in [2.45, 2.75) is 70.1 Å². The first-order valence-electron chi connectivity index (χ1n) is 10.4. The summed E-state index contributed by atoms with van der Waals surface area (Å²) in [6.07, 6.45) is 1.94. The molecule has 1 aromatic rings. The van der Waals surface area contributed by atoms with Gasteiger partial charge in [-0.3, -0.25) is 14.5 Å². The third-order valence-corrected chi connectivity index (χ3v) is 5.56. The fourth-order valence-electron chi connectivity index (χ4n) is 4.19. The summed E-state index contributed by atoms with van der Waals surface area (Å²) in [7, 11) is 0. The van der Waals surface area contributed by atoms with E-state index in [0.29, 0.717) is 18.5 Å². The molecule has 1 fully saturated rings. The van der Waals surface area contributed by atoms with Crippen LogP contribution >= 0.6 is 0 Å². The number of fused-ring (bicyclic) bond motifs is 1. The third-order valence-electron chi connectivity index (χ3n) is 5.56. The molecule has 2 aliphatic rings. The van der Waals surface area contributed by atoms with Crippen LogP contribution in [0.4, 0.5) is 10.5 Å². The van der Waals surface area contributed by atoms with Crippen molar-refractivity contribution in [1.29, 1.82) is 0 Å². The van der Waals surface area contributed by atoms with Crippen molar-refractivity contribution in [2.75, 3.05) is 11.4 Å². The normalized spacial score (nSPS) is 19.5. The molecule has 31 heavy (non-hydrogen) atoms. The van der Waals surface area contributed by atoms with E-state index in [4.69, 9.17) is 4.74 Å². The number of aliphatic carboxylic acids is 1. The monoisotopic (exact) mass is 431 g/mol. The van der Waals surface area contributed by atoms with Crippen LogP contribution in [0.15, 0.2) is 24.3 Å². The number of nitrogens with zero attached hydrogens (tertiary/aromatic N) is 1. The van der Waals surface area contributed by atoms with Crippen LogP contribution in [0, 0.1) is 0 Å². The Morgan fingerprint density at radius 1 is 1.16 bits per heavy atom. The standard InChI is InChI=1S/C22H29N3O6/c1-21(2,3)31-20(30)24-22(10-6-7-11-22)19(29)23-13-17(26)25-15-9-5-4-8-14(15)12-16(25)18(27)28/h4-5,8-9,16H,6-7,10-13H2,1-3H3,(H,23,29)(H,24,30)(H,27,28)/t16-/m0/s1. The predicted octanol–water partition coefficient (Wildman–Crippen LogP) is 1.98. The Morgan fingerprint density at radius 3 is 2.42 bits per heavy atom. The van der Waals surface area contributed by atoms with Crippen molar-refractivity contribution in [3.05, 3.63) is 29.8 Å². The van der Waals surface area contributed by atoms with Gasteiger partial charge in [-0.15, -0.1) is 0 Å². The van der Waals surface area contributed by atoms with E-state index in [1.807, 2.05) is 0 Å². The molecule has 168 valence electrons. The van der Waals surface area contributed by atoms with Gasteiger partial charge in [-0.05, 0) is 45.2 Å². The molecule has 1 heterocycles. The Kier molecular flexibility index (Phi) is 6.24. The zero-order valence-electron chi connectivity index (χ0n) is 18.1. The minimum atomic E-state index is -1.14. The van der Waals surface area contributed by atoms with Gasteiger partial charge < -0.3 is 20.5 Å². The molecule has 1 aliphatic heterocycles. The van der Waals surface area contributed by atoms with Gasteiger partial charge in [0.1, 0.15) is 17.2 Å². The van der Waals surface area contributed by atoms with E-state index in [9.17, 15) is 24.3 Å². The van der Waals surface area contributed by atoms with E-state index in [2.05, 4.69) is 10.6 Å². The Balaban J connectivity index is 1.69. The number of hydrogen-bond acceptors (Lipinski definition) is 5. The maximum Gasteiger partial charge on any atom is 0.408 e. The van der Waals surface area contributed by atoms with Gasteiger partial charge >= 0.3 is 12.1 Å². The number of alkyl carbamates (subject to hydrolysis) is 1. The SMILES string of the molecule is CC(C)(C)OC(=O)NC1(C(=O)NCC(=O)N2c3ccccc3C[C@H]2C(=O)O)CCCC1. The predicted molar refractivity (Wildman–Crippen MR) is 113 cm³/mol. The van der Waals surface area contributed by atoms with Crippen LogP contribution in [-0.4, -0.2) is 52.7 Å². The lowest BCUT2D eigenvalue weighted by Gasteiger charge is -2.31. The average Bonchev–Trinajstić information content (AvgIpc) is 3.29. The summed E-state index contributed by atoms with van der Waals surface area (Å²) in [6.45, 7) is 4.84. The second-order valence-electron chi connectivity index (χ2n) is 9.05. The Labute approximate surface area is 181 Å². The molecule has 0 spiro atoms. The first kappa shape index (κ1) is 22.6. The van der Waals surface area contributed by atoms with Gasteiger partial charge in [-0.2, -0.15) is 0 Å². The Hall–Kier alpha value is -3.10. The molecule has 1 aromatic carbocycles. The van der Waals surface area contributed by atoms with E-state index >= 15 is 0 Å². The summed E-state index contributed by atoms with van der Waals surface area (Å²) >= 11 is 0. The first-order chi connectivity index (χ1) is 14.5. The third kappa shape index (κ3) is 4.98. The minimum Gasteiger partial charge on any atom is -0.480 e. The summed E-state index contributed by atoms with van der Waals surface area (Å²) in [5, 5.41) is 14.8. The van der Waals surface area contributed by atoms with Gasteiger partial charge in [0.25, 0.3) is 0 Å².